The molecule has 1 aromatic carbocycles. The molecule has 21 heavy (non-hydrogen) atoms. The number of fused-ring (bicyclic) bond motifs is 2. The zero-order chi connectivity index (χ0) is 15.0. The second kappa shape index (κ2) is 5.85. The van der Waals surface area contributed by atoms with Crippen molar-refractivity contribution in [3.05, 3.63) is 23.2 Å². The fourth-order valence-electron chi connectivity index (χ4n) is 3.80. The Morgan fingerprint density at radius 3 is 2.81 bits per heavy atom. The Morgan fingerprint density at radius 1 is 1.43 bits per heavy atom. The molecule has 2 saturated carbocycles. The molecule has 5 heteroatoms. The first-order chi connectivity index (χ1) is 10.1. The molecule has 1 amide bonds. The molecular formula is C16H21ClN2O2. The van der Waals surface area contributed by atoms with Crippen LogP contribution in [-0.2, 0) is 4.79 Å². The number of ether oxygens (including phenoxy) is 1. The monoisotopic (exact) mass is 308 g/mol. The van der Waals surface area contributed by atoms with Gasteiger partial charge in [-0.05, 0) is 56.2 Å². The molecule has 4 unspecified atom stereocenters. The molecule has 3 N–H and O–H groups in total. The van der Waals surface area contributed by atoms with Crippen LogP contribution in [-0.4, -0.2) is 18.6 Å². The Morgan fingerprint density at radius 2 is 2.19 bits per heavy atom. The van der Waals surface area contributed by atoms with Crippen molar-refractivity contribution < 1.29 is 9.53 Å². The highest BCUT2D eigenvalue weighted by molar-refractivity contribution is 6.32. The molecule has 2 fully saturated rings. The normalized spacial score (nSPS) is 30.4. The zero-order valence-electron chi connectivity index (χ0n) is 12.1. The summed E-state index contributed by atoms with van der Waals surface area (Å²) in [5, 5.41) is 3.46. The Balaban J connectivity index is 1.69. The zero-order valence-corrected chi connectivity index (χ0v) is 12.9. The van der Waals surface area contributed by atoms with Gasteiger partial charge in [-0.3, -0.25) is 4.79 Å². The quantitative estimate of drug-likeness (QED) is 0.898. The van der Waals surface area contributed by atoms with Crippen LogP contribution >= 0.6 is 11.6 Å². The molecule has 2 bridgehead atoms. The van der Waals surface area contributed by atoms with Crippen molar-refractivity contribution >= 4 is 23.2 Å². The maximum Gasteiger partial charge on any atom is 0.229 e. The van der Waals surface area contributed by atoms with Crippen molar-refractivity contribution in [2.24, 2.45) is 23.5 Å². The highest BCUT2D eigenvalue weighted by atomic mass is 35.5. The third-order valence-electron chi connectivity index (χ3n) is 4.78. The van der Waals surface area contributed by atoms with E-state index in [1.165, 1.54) is 6.42 Å². The van der Waals surface area contributed by atoms with Crippen LogP contribution in [0.5, 0.6) is 5.75 Å². The van der Waals surface area contributed by atoms with E-state index in [2.05, 4.69) is 5.32 Å². The third kappa shape index (κ3) is 2.74. The first-order valence-electron chi connectivity index (χ1n) is 7.59. The molecule has 0 aromatic heterocycles. The lowest BCUT2D eigenvalue weighted by molar-refractivity contribution is -0.121. The Kier molecular flexibility index (Phi) is 4.09. The van der Waals surface area contributed by atoms with Gasteiger partial charge in [0.1, 0.15) is 5.75 Å². The fraction of sp³-hybridized carbons (Fsp3) is 0.562. The number of amides is 1. The van der Waals surface area contributed by atoms with Gasteiger partial charge in [0.05, 0.1) is 17.5 Å². The number of hydrogen-bond donors (Lipinski definition) is 2. The summed E-state index contributed by atoms with van der Waals surface area (Å²) in [6.45, 7) is 2.47. The minimum absolute atomic E-state index is 0.00178. The molecular weight excluding hydrogens is 288 g/mol. The number of hydrogen-bond acceptors (Lipinski definition) is 3. The second-order valence-electron chi connectivity index (χ2n) is 6.00. The summed E-state index contributed by atoms with van der Waals surface area (Å²) in [5.74, 6) is 1.57. The van der Waals surface area contributed by atoms with Crippen molar-refractivity contribution in [3.8, 4) is 5.75 Å². The molecule has 4 atom stereocenters. The van der Waals surface area contributed by atoms with Crippen LogP contribution in [0.1, 0.15) is 26.2 Å². The molecule has 0 radical (unpaired) electrons. The standard InChI is InChI=1S/C16H21ClN2O2/c1-2-21-13-6-5-11(8-12(13)17)19-16(20)14-9-3-4-10(7-9)15(14)18/h5-6,8-10,14-15H,2-4,7,18H2,1H3,(H,19,20). The molecule has 2 aliphatic carbocycles. The molecule has 1 aromatic rings. The van der Waals surface area contributed by atoms with Gasteiger partial charge in [-0.15, -0.1) is 0 Å². The number of halogens is 1. The highest BCUT2D eigenvalue weighted by Gasteiger charge is 2.49. The Hall–Kier alpha value is -1.26. The van der Waals surface area contributed by atoms with Gasteiger partial charge in [-0.2, -0.15) is 0 Å². The number of nitrogens with two attached hydrogens (primary N) is 1. The third-order valence-corrected chi connectivity index (χ3v) is 5.08. The van der Waals surface area contributed by atoms with Crippen LogP contribution in [0.15, 0.2) is 18.2 Å². The lowest BCUT2D eigenvalue weighted by Crippen LogP contribution is -2.42. The van der Waals surface area contributed by atoms with Crippen LogP contribution < -0.4 is 15.8 Å². The van der Waals surface area contributed by atoms with E-state index in [0.717, 1.165) is 12.8 Å². The molecule has 3 rings (SSSR count). The molecule has 114 valence electrons. The number of anilines is 1. The largest absolute Gasteiger partial charge is 0.492 e. The first kappa shape index (κ1) is 14.7. The van der Waals surface area contributed by atoms with E-state index in [1.54, 1.807) is 12.1 Å². The van der Waals surface area contributed by atoms with Crippen molar-refractivity contribution in [2.45, 2.75) is 32.2 Å². The Labute approximate surface area is 130 Å². The van der Waals surface area contributed by atoms with Crippen LogP contribution in [0, 0.1) is 17.8 Å². The van der Waals surface area contributed by atoms with E-state index < -0.39 is 0 Å². The van der Waals surface area contributed by atoms with Crippen LogP contribution in [0.3, 0.4) is 0 Å². The summed E-state index contributed by atoms with van der Waals surface area (Å²) < 4.78 is 5.39. The van der Waals surface area contributed by atoms with Crippen molar-refractivity contribution in [1.82, 2.24) is 0 Å². The molecule has 0 aliphatic heterocycles. The van der Waals surface area contributed by atoms with E-state index in [0.29, 0.717) is 34.9 Å². The van der Waals surface area contributed by atoms with Crippen LogP contribution in [0.2, 0.25) is 5.02 Å². The molecule has 0 saturated heterocycles. The van der Waals surface area contributed by atoms with Gasteiger partial charge >= 0.3 is 0 Å². The minimum atomic E-state index is -0.0610. The fourth-order valence-corrected chi connectivity index (χ4v) is 4.04. The number of carbonyl (C=O) groups excluding carboxylic acids is 1. The predicted octanol–water partition coefficient (Wildman–Crippen LogP) is 3.05. The van der Waals surface area contributed by atoms with Gasteiger partial charge in [0.25, 0.3) is 0 Å². The molecule has 0 spiro atoms. The lowest BCUT2D eigenvalue weighted by Gasteiger charge is -2.27. The van der Waals surface area contributed by atoms with Crippen LogP contribution in [0.4, 0.5) is 5.69 Å². The summed E-state index contributed by atoms with van der Waals surface area (Å²) >= 11 is 6.14. The van der Waals surface area contributed by atoms with Gasteiger partial charge in [-0.25, -0.2) is 0 Å². The summed E-state index contributed by atoms with van der Waals surface area (Å²) in [5.41, 5.74) is 6.90. The van der Waals surface area contributed by atoms with E-state index in [4.69, 9.17) is 22.1 Å². The minimum Gasteiger partial charge on any atom is -0.492 e. The van der Waals surface area contributed by atoms with Gasteiger partial charge < -0.3 is 15.8 Å². The highest BCUT2D eigenvalue weighted by Crippen LogP contribution is 2.48. The average molecular weight is 309 g/mol. The molecule has 4 nitrogen and oxygen atoms in total. The average Bonchev–Trinajstić information content (AvgIpc) is 3.02. The van der Waals surface area contributed by atoms with Gasteiger partial charge in [-0.1, -0.05) is 11.6 Å². The number of nitrogens with one attached hydrogen (secondary N) is 1. The van der Waals surface area contributed by atoms with E-state index in [9.17, 15) is 4.79 Å². The SMILES string of the molecule is CCOc1ccc(NC(=O)C2C3CCC(C3)C2N)cc1Cl. The number of carbonyl (C=O) groups is 1. The summed E-state index contributed by atoms with van der Waals surface area (Å²) in [6.07, 6.45) is 3.40. The van der Waals surface area contributed by atoms with Crippen molar-refractivity contribution in [2.75, 3.05) is 11.9 Å². The topological polar surface area (TPSA) is 64.3 Å². The van der Waals surface area contributed by atoms with E-state index >= 15 is 0 Å². The number of rotatable bonds is 4. The summed E-state index contributed by atoms with van der Waals surface area (Å²) in [7, 11) is 0. The van der Waals surface area contributed by atoms with Crippen molar-refractivity contribution in [1.29, 1.82) is 0 Å². The Bertz CT molecular complexity index is 547. The summed E-state index contributed by atoms with van der Waals surface area (Å²) in [4.78, 5) is 12.5. The number of benzene rings is 1. The summed E-state index contributed by atoms with van der Waals surface area (Å²) in [6, 6.07) is 5.32. The molecule has 0 heterocycles. The maximum absolute atomic E-state index is 12.5. The predicted molar refractivity (Wildman–Crippen MR) is 83.5 cm³/mol. The van der Waals surface area contributed by atoms with E-state index in [-0.39, 0.29) is 17.9 Å². The lowest BCUT2D eigenvalue weighted by atomic mass is 9.84. The van der Waals surface area contributed by atoms with Crippen LogP contribution in [0.25, 0.3) is 0 Å². The van der Waals surface area contributed by atoms with Gasteiger partial charge in [0.2, 0.25) is 5.91 Å². The molecule has 2 aliphatic rings. The van der Waals surface area contributed by atoms with Gasteiger partial charge in [0, 0.05) is 11.7 Å². The smallest absolute Gasteiger partial charge is 0.229 e. The first-order valence-corrected chi connectivity index (χ1v) is 7.96. The van der Waals surface area contributed by atoms with Crippen molar-refractivity contribution in [3.63, 3.8) is 0 Å². The maximum atomic E-state index is 12.5. The van der Waals surface area contributed by atoms with E-state index in [1.807, 2.05) is 13.0 Å². The van der Waals surface area contributed by atoms with Gasteiger partial charge in [0.15, 0.2) is 0 Å². The second-order valence-corrected chi connectivity index (χ2v) is 6.41.